The predicted molar refractivity (Wildman–Crippen MR) is 84.1 cm³/mol. The fourth-order valence-corrected chi connectivity index (χ4v) is 2.72. The Morgan fingerprint density at radius 2 is 2.04 bits per heavy atom. The Bertz CT molecular complexity index is 724. The van der Waals surface area contributed by atoms with E-state index in [1.807, 2.05) is 0 Å². The van der Waals surface area contributed by atoms with Gasteiger partial charge in [0.05, 0.1) is 37.6 Å². The van der Waals surface area contributed by atoms with E-state index in [4.69, 9.17) is 9.94 Å². The van der Waals surface area contributed by atoms with Gasteiger partial charge in [-0.3, -0.25) is 9.69 Å². The number of carbonyl (C=O) groups excluding carboxylic acids is 2. The molecule has 1 aromatic rings. The standard InChI is InChI=1S/C15H16F2N4O4/c1-8(22)18-4-11-7-21(15(23)25-11)10-2-12(16)14(13(17)3-10)20-5-9(6-20)19-24/h2-3,11,24H,4-7H2,1H3,(H,18,22)/t11-/m0/s1. The molecular weight excluding hydrogens is 338 g/mol. The number of oxime groups is 1. The van der Waals surface area contributed by atoms with E-state index in [9.17, 15) is 18.4 Å². The number of benzene rings is 1. The molecule has 0 unspecified atom stereocenters. The first-order valence-corrected chi connectivity index (χ1v) is 7.55. The van der Waals surface area contributed by atoms with Gasteiger partial charge >= 0.3 is 6.09 Å². The fourth-order valence-electron chi connectivity index (χ4n) is 2.72. The number of hydrogen-bond acceptors (Lipinski definition) is 6. The highest BCUT2D eigenvalue weighted by atomic mass is 19.1. The smallest absolute Gasteiger partial charge is 0.414 e. The molecule has 3 rings (SSSR count). The Labute approximate surface area is 141 Å². The van der Waals surface area contributed by atoms with Gasteiger partial charge in [-0.25, -0.2) is 13.6 Å². The summed E-state index contributed by atoms with van der Waals surface area (Å²) in [5, 5.41) is 14.1. The van der Waals surface area contributed by atoms with Crippen LogP contribution in [0.2, 0.25) is 0 Å². The lowest BCUT2D eigenvalue weighted by Gasteiger charge is -2.34. The van der Waals surface area contributed by atoms with Crippen molar-refractivity contribution in [1.29, 1.82) is 0 Å². The third kappa shape index (κ3) is 3.32. The molecule has 0 radical (unpaired) electrons. The van der Waals surface area contributed by atoms with E-state index < -0.39 is 23.8 Å². The molecular formula is C15H16F2N4O4. The largest absolute Gasteiger partial charge is 0.442 e. The second-order valence-electron chi connectivity index (χ2n) is 5.83. The maximum absolute atomic E-state index is 14.3. The summed E-state index contributed by atoms with van der Waals surface area (Å²) in [6, 6.07) is 2.10. The molecule has 1 aromatic carbocycles. The fraction of sp³-hybridized carbons (Fsp3) is 0.400. The van der Waals surface area contributed by atoms with Gasteiger partial charge in [0.15, 0.2) is 11.6 Å². The van der Waals surface area contributed by atoms with E-state index in [1.165, 1.54) is 11.8 Å². The van der Waals surface area contributed by atoms with Gasteiger partial charge in [-0.1, -0.05) is 5.16 Å². The summed E-state index contributed by atoms with van der Waals surface area (Å²) in [5.74, 6) is -1.92. The maximum Gasteiger partial charge on any atom is 0.414 e. The zero-order chi connectivity index (χ0) is 18.1. The number of cyclic esters (lactones) is 1. The first-order valence-electron chi connectivity index (χ1n) is 7.55. The summed E-state index contributed by atoms with van der Waals surface area (Å²) < 4.78 is 33.7. The average Bonchev–Trinajstić information content (AvgIpc) is 2.87. The minimum absolute atomic E-state index is 0.0330. The monoisotopic (exact) mass is 354 g/mol. The predicted octanol–water partition coefficient (Wildman–Crippen LogP) is 1.08. The highest BCUT2D eigenvalue weighted by Crippen LogP contribution is 2.32. The molecule has 2 aliphatic heterocycles. The molecule has 0 spiro atoms. The van der Waals surface area contributed by atoms with Crippen molar-refractivity contribution in [3.05, 3.63) is 23.8 Å². The van der Waals surface area contributed by atoms with Crippen LogP contribution in [0.1, 0.15) is 6.92 Å². The molecule has 2 amide bonds. The number of amides is 2. The zero-order valence-electron chi connectivity index (χ0n) is 13.3. The molecule has 1 atom stereocenters. The molecule has 0 bridgehead atoms. The summed E-state index contributed by atoms with van der Waals surface area (Å²) in [6.45, 7) is 1.79. The van der Waals surface area contributed by atoms with E-state index in [0.717, 1.165) is 17.0 Å². The number of ether oxygens (including phenoxy) is 1. The van der Waals surface area contributed by atoms with Crippen molar-refractivity contribution in [1.82, 2.24) is 5.32 Å². The molecule has 0 aliphatic carbocycles. The first-order chi connectivity index (χ1) is 11.9. The van der Waals surface area contributed by atoms with Gasteiger partial charge in [0.1, 0.15) is 11.8 Å². The minimum atomic E-state index is -0.829. The molecule has 2 saturated heterocycles. The summed E-state index contributed by atoms with van der Waals surface area (Å²) >= 11 is 0. The third-order valence-corrected chi connectivity index (χ3v) is 3.97. The van der Waals surface area contributed by atoms with E-state index in [-0.39, 0.29) is 43.5 Å². The summed E-state index contributed by atoms with van der Waals surface area (Å²) in [5.41, 5.74) is 0.218. The van der Waals surface area contributed by atoms with Gasteiger partial charge in [0.2, 0.25) is 5.91 Å². The number of anilines is 2. The molecule has 0 aromatic heterocycles. The topological polar surface area (TPSA) is 94.5 Å². The Kier molecular flexibility index (Phi) is 4.43. The van der Waals surface area contributed by atoms with Crippen LogP contribution in [0.25, 0.3) is 0 Å². The third-order valence-electron chi connectivity index (χ3n) is 3.97. The van der Waals surface area contributed by atoms with Gasteiger partial charge in [0.25, 0.3) is 0 Å². The Balaban J connectivity index is 1.75. The van der Waals surface area contributed by atoms with Crippen molar-refractivity contribution < 1.29 is 28.3 Å². The van der Waals surface area contributed by atoms with Gasteiger partial charge in [-0.2, -0.15) is 0 Å². The van der Waals surface area contributed by atoms with E-state index in [2.05, 4.69) is 10.5 Å². The molecule has 2 fully saturated rings. The van der Waals surface area contributed by atoms with Crippen molar-refractivity contribution >= 4 is 29.1 Å². The molecule has 134 valence electrons. The normalized spacial score (nSPS) is 19.6. The number of nitrogens with one attached hydrogen (secondary N) is 1. The summed E-state index contributed by atoms with van der Waals surface area (Å²) in [7, 11) is 0. The van der Waals surface area contributed by atoms with Gasteiger partial charge in [-0.15, -0.1) is 0 Å². The van der Waals surface area contributed by atoms with Crippen molar-refractivity contribution in [2.75, 3.05) is 36.0 Å². The van der Waals surface area contributed by atoms with E-state index in [1.54, 1.807) is 0 Å². The molecule has 25 heavy (non-hydrogen) atoms. The number of carbonyl (C=O) groups is 2. The van der Waals surface area contributed by atoms with Crippen molar-refractivity contribution in [3.8, 4) is 0 Å². The molecule has 2 heterocycles. The van der Waals surface area contributed by atoms with Crippen molar-refractivity contribution in [2.24, 2.45) is 5.16 Å². The molecule has 2 N–H and O–H groups in total. The van der Waals surface area contributed by atoms with Crippen LogP contribution in [0.5, 0.6) is 0 Å². The lowest BCUT2D eigenvalue weighted by Crippen LogP contribution is -2.48. The highest BCUT2D eigenvalue weighted by molar-refractivity contribution is 5.99. The Morgan fingerprint density at radius 3 is 2.60 bits per heavy atom. The quantitative estimate of drug-likeness (QED) is 0.623. The Morgan fingerprint density at radius 1 is 1.40 bits per heavy atom. The second kappa shape index (κ2) is 6.54. The van der Waals surface area contributed by atoms with Crippen LogP contribution in [-0.2, 0) is 9.53 Å². The van der Waals surface area contributed by atoms with Crippen LogP contribution in [0, 0.1) is 11.6 Å². The molecule has 10 heteroatoms. The van der Waals surface area contributed by atoms with Gasteiger partial charge in [-0.05, 0) is 0 Å². The molecule has 2 aliphatic rings. The molecule has 0 saturated carbocycles. The summed E-state index contributed by atoms with van der Waals surface area (Å²) in [4.78, 5) is 25.3. The number of nitrogens with zero attached hydrogens (tertiary/aromatic N) is 3. The van der Waals surface area contributed by atoms with Crippen LogP contribution in [0.15, 0.2) is 17.3 Å². The van der Waals surface area contributed by atoms with Crippen LogP contribution in [0.4, 0.5) is 25.0 Å². The minimum Gasteiger partial charge on any atom is -0.442 e. The summed E-state index contributed by atoms with van der Waals surface area (Å²) in [6.07, 6.45) is -1.33. The van der Waals surface area contributed by atoms with Crippen LogP contribution >= 0.6 is 0 Å². The SMILES string of the molecule is CC(=O)NC[C@H]1CN(c2cc(F)c(N3CC(=NO)C3)c(F)c2)C(=O)O1. The Hall–Kier alpha value is -2.91. The van der Waals surface area contributed by atoms with Gasteiger partial charge in [0, 0.05) is 19.1 Å². The lowest BCUT2D eigenvalue weighted by molar-refractivity contribution is -0.119. The van der Waals surface area contributed by atoms with Crippen LogP contribution in [0.3, 0.4) is 0 Å². The lowest BCUT2D eigenvalue weighted by atomic mass is 10.1. The van der Waals surface area contributed by atoms with E-state index >= 15 is 0 Å². The average molecular weight is 354 g/mol. The van der Waals surface area contributed by atoms with Crippen LogP contribution < -0.4 is 15.1 Å². The van der Waals surface area contributed by atoms with Gasteiger partial charge < -0.3 is 20.2 Å². The highest BCUT2D eigenvalue weighted by Gasteiger charge is 2.34. The molecule has 8 nitrogen and oxygen atoms in total. The van der Waals surface area contributed by atoms with Crippen molar-refractivity contribution in [3.63, 3.8) is 0 Å². The van der Waals surface area contributed by atoms with E-state index in [0.29, 0.717) is 5.71 Å². The zero-order valence-corrected chi connectivity index (χ0v) is 13.3. The number of halogens is 2. The number of hydrogen-bond donors (Lipinski definition) is 2. The first kappa shape index (κ1) is 16.9. The second-order valence-corrected chi connectivity index (χ2v) is 5.83. The van der Waals surface area contributed by atoms with Crippen LogP contribution in [-0.4, -0.2) is 55.2 Å². The number of rotatable bonds is 4. The maximum atomic E-state index is 14.3. The van der Waals surface area contributed by atoms with Crippen molar-refractivity contribution in [2.45, 2.75) is 13.0 Å².